The van der Waals surface area contributed by atoms with Crippen LogP contribution in [0.25, 0.3) is 6.08 Å². The number of hydrazone groups is 1. The fourth-order valence-electron chi connectivity index (χ4n) is 2.37. The van der Waals surface area contributed by atoms with E-state index in [9.17, 15) is 4.79 Å². The van der Waals surface area contributed by atoms with E-state index in [4.69, 9.17) is 16.3 Å². The molecule has 2 aromatic rings. The van der Waals surface area contributed by atoms with Crippen molar-refractivity contribution < 1.29 is 9.53 Å². The van der Waals surface area contributed by atoms with Gasteiger partial charge in [-0.25, -0.2) is 0 Å². The van der Waals surface area contributed by atoms with Crippen LogP contribution in [0.4, 0.5) is 5.69 Å². The molecule has 0 saturated heterocycles. The molecule has 1 heterocycles. The van der Waals surface area contributed by atoms with Crippen molar-refractivity contribution in [2.45, 2.75) is 6.92 Å². The number of rotatable bonds is 3. The number of para-hydroxylation sites is 1. The van der Waals surface area contributed by atoms with Crippen LogP contribution in [0.2, 0.25) is 5.02 Å². The Bertz CT molecular complexity index is 813. The van der Waals surface area contributed by atoms with Crippen LogP contribution in [0.1, 0.15) is 12.5 Å². The molecule has 0 unspecified atom stereocenters. The van der Waals surface area contributed by atoms with E-state index in [1.807, 2.05) is 43.3 Å². The number of methoxy groups -OCH3 is 1. The van der Waals surface area contributed by atoms with Crippen molar-refractivity contribution in [3.63, 3.8) is 0 Å². The Balaban J connectivity index is 1.94. The lowest BCUT2D eigenvalue weighted by molar-refractivity contribution is -0.114. The highest BCUT2D eigenvalue weighted by atomic mass is 35.5. The minimum absolute atomic E-state index is 0.152. The largest absolute Gasteiger partial charge is 0.495 e. The molecular formula is C18H15ClN2O2. The average molecular weight is 327 g/mol. The topological polar surface area (TPSA) is 41.9 Å². The first-order valence-electron chi connectivity index (χ1n) is 7.10. The van der Waals surface area contributed by atoms with Crippen molar-refractivity contribution in [2.24, 2.45) is 5.10 Å². The van der Waals surface area contributed by atoms with Crippen molar-refractivity contribution in [1.82, 2.24) is 0 Å². The highest BCUT2D eigenvalue weighted by Gasteiger charge is 2.28. The minimum Gasteiger partial charge on any atom is -0.495 e. The molecule has 116 valence electrons. The van der Waals surface area contributed by atoms with Crippen LogP contribution >= 0.6 is 11.6 Å². The number of anilines is 1. The smallest absolute Gasteiger partial charge is 0.280 e. The summed E-state index contributed by atoms with van der Waals surface area (Å²) >= 11 is 6.13. The van der Waals surface area contributed by atoms with Gasteiger partial charge in [-0.1, -0.05) is 35.9 Å². The molecule has 1 aliphatic rings. The number of halogens is 1. The Hall–Kier alpha value is -2.59. The predicted molar refractivity (Wildman–Crippen MR) is 93.0 cm³/mol. The second-order valence-corrected chi connectivity index (χ2v) is 5.50. The first-order valence-corrected chi connectivity index (χ1v) is 7.48. The lowest BCUT2D eigenvalue weighted by Crippen LogP contribution is -2.21. The maximum Gasteiger partial charge on any atom is 0.280 e. The summed E-state index contributed by atoms with van der Waals surface area (Å²) in [5.41, 5.74) is 2.79. The maximum absolute atomic E-state index is 12.6. The lowest BCUT2D eigenvalue weighted by atomic mass is 10.1. The van der Waals surface area contributed by atoms with Gasteiger partial charge in [0.2, 0.25) is 0 Å². The fraction of sp³-hybridized carbons (Fsp3) is 0.111. The van der Waals surface area contributed by atoms with Crippen LogP contribution in [0, 0.1) is 0 Å². The first-order chi connectivity index (χ1) is 11.1. The van der Waals surface area contributed by atoms with E-state index >= 15 is 0 Å². The summed E-state index contributed by atoms with van der Waals surface area (Å²) in [6.45, 7) is 1.82. The van der Waals surface area contributed by atoms with Crippen LogP contribution in [0.3, 0.4) is 0 Å². The molecule has 0 spiro atoms. The molecule has 0 radical (unpaired) electrons. The number of ether oxygens (including phenoxy) is 1. The van der Waals surface area contributed by atoms with Gasteiger partial charge in [0.15, 0.2) is 0 Å². The van der Waals surface area contributed by atoms with E-state index in [2.05, 4.69) is 5.10 Å². The van der Waals surface area contributed by atoms with E-state index in [1.165, 1.54) is 5.01 Å². The van der Waals surface area contributed by atoms with Crippen molar-refractivity contribution in [1.29, 1.82) is 0 Å². The summed E-state index contributed by atoms with van der Waals surface area (Å²) in [7, 11) is 1.56. The van der Waals surface area contributed by atoms with Gasteiger partial charge in [-0.3, -0.25) is 4.79 Å². The zero-order chi connectivity index (χ0) is 16.4. The molecule has 4 nitrogen and oxygen atoms in total. The second-order valence-electron chi connectivity index (χ2n) is 5.09. The van der Waals surface area contributed by atoms with Gasteiger partial charge in [0.25, 0.3) is 5.91 Å². The molecule has 5 heteroatoms. The average Bonchev–Trinajstić information content (AvgIpc) is 2.84. The third-order valence-corrected chi connectivity index (χ3v) is 3.85. The predicted octanol–water partition coefficient (Wildman–Crippen LogP) is 4.15. The fourth-order valence-corrected chi connectivity index (χ4v) is 2.63. The molecule has 0 bridgehead atoms. The Labute approximate surface area is 139 Å². The first kappa shape index (κ1) is 15.3. The van der Waals surface area contributed by atoms with E-state index in [-0.39, 0.29) is 5.91 Å². The molecule has 0 aliphatic carbocycles. The number of hydrogen-bond acceptors (Lipinski definition) is 3. The minimum atomic E-state index is -0.152. The van der Waals surface area contributed by atoms with E-state index < -0.39 is 0 Å². The van der Waals surface area contributed by atoms with Gasteiger partial charge in [0.05, 0.1) is 29.1 Å². The number of carbonyl (C=O) groups excluding carboxylic acids is 1. The summed E-state index contributed by atoms with van der Waals surface area (Å²) in [4.78, 5) is 12.6. The normalized spacial score (nSPS) is 16.0. The molecule has 0 saturated carbocycles. The number of nitrogens with zero attached hydrogens (tertiary/aromatic N) is 2. The van der Waals surface area contributed by atoms with Crippen molar-refractivity contribution >= 4 is 35.0 Å². The number of benzene rings is 2. The van der Waals surface area contributed by atoms with Gasteiger partial charge in [-0.05, 0) is 42.8 Å². The van der Waals surface area contributed by atoms with Gasteiger partial charge in [-0.2, -0.15) is 10.1 Å². The number of amides is 1. The van der Waals surface area contributed by atoms with Crippen molar-refractivity contribution in [3.05, 3.63) is 64.7 Å². The molecule has 0 atom stereocenters. The molecule has 0 fully saturated rings. The lowest BCUT2D eigenvalue weighted by Gasteiger charge is -2.11. The summed E-state index contributed by atoms with van der Waals surface area (Å²) in [6.07, 6.45) is 1.79. The molecule has 1 aliphatic heterocycles. The monoisotopic (exact) mass is 326 g/mol. The molecule has 3 rings (SSSR count). The maximum atomic E-state index is 12.6. The SMILES string of the molecule is COc1ccc(/C=C2\C(=O)N(c3ccccc3)N=C2C)cc1Cl. The Morgan fingerprint density at radius 3 is 2.57 bits per heavy atom. The highest BCUT2D eigenvalue weighted by molar-refractivity contribution is 6.33. The van der Waals surface area contributed by atoms with Gasteiger partial charge >= 0.3 is 0 Å². The van der Waals surface area contributed by atoms with Crippen molar-refractivity contribution in [2.75, 3.05) is 12.1 Å². The zero-order valence-electron chi connectivity index (χ0n) is 12.8. The molecule has 0 N–H and O–H groups in total. The third kappa shape index (κ3) is 2.98. The Morgan fingerprint density at radius 1 is 1.17 bits per heavy atom. The summed E-state index contributed by atoms with van der Waals surface area (Å²) in [5, 5.41) is 6.26. The van der Waals surface area contributed by atoms with Crippen LogP contribution in [0.5, 0.6) is 5.75 Å². The van der Waals surface area contributed by atoms with E-state index in [0.29, 0.717) is 22.1 Å². The van der Waals surface area contributed by atoms with Crippen LogP contribution in [-0.4, -0.2) is 18.7 Å². The van der Waals surface area contributed by atoms with Gasteiger partial charge in [-0.15, -0.1) is 0 Å². The molecule has 2 aromatic carbocycles. The van der Waals surface area contributed by atoms with Gasteiger partial charge in [0, 0.05) is 0 Å². The summed E-state index contributed by atoms with van der Waals surface area (Å²) < 4.78 is 5.14. The third-order valence-electron chi connectivity index (χ3n) is 3.55. The summed E-state index contributed by atoms with van der Waals surface area (Å²) in [5.74, 6) is 0.448. The number of carbonyl (C=O) groups is 1. The van der Waals surface area contributed by atoms with Crippen LogP contribution < -0.4 is 9.75 Å². The molecule has 1 amide bonds. The van der Waals surface area contributed by atoms with Crippen LogP contribution in [-0.2, 0) is 4.79 Å². The summed E-state index contributed by atoms with van der Waals surface area (Å²) in [6, 6.07) is 14.7. The quantitative estimate of drug-likeness (QED) is 0.795. The van der Waals surface area contributed by atoms with Crippen LogP contribution in [0.15, 0.2) is 59.2 Å². The van der Waals surface area contributed by atoms with E-state index in [1.54, 1.807) is 25.3 Å². The molecule has 23 heavy (non-hydrogen) atoms. The standard InChI is InChI=1S/C18H15ClN2O2/c1-12-15(10-13-8-9-17(23-2)16(19)11-13)18(22)21(20-12)14-6-4-3-5-7-14/h3-11H,1-2H3/b15-10-. The van der Waals surface area contributed by atoms with Crippen molar-refractivity contribution in [3.8, 4) is 5.75 Å². The Morgan fingerprint density at radius 2 is 1.91 bits per heavy atom. The van der Waals surface area contributed by atoms with E-state index in [0.717, 1.165) is 11.3 Å². The molecule has 0 aromatic heterocycles. The second kappa shape index (κ2) is 6.26. The zero-order valence-corrected chi connectivity index (χ0v) is 13.5. The van der Waals surface area contributed by atoms with Gasteiger partial charge in [0.1, 0.15) is 5.75 Å². The van der Waals surface area contributed by atoms with Gasteiger partial charge < -0.3 is 4.74 Å². The molecular weight excluding hydrogens is 312 g/mol. The highest BCUT2D eigenvalue weighted by Crippen LogP contribution is 2.28. The number of hydrogen-bond donors (Lipinski definition) is 0. The Kier molecular flexibility index (Phi) is 4.17.